The number of hydrogen-bond donors (Lipinski definition) is 0. The predicted molar refractivity (Wildman–Crippen MR) is 62.8 cm³/mol. The van der Waals surface area contributed by atoms with E-state index in [1.807, 2.05) is 18.2 Å². The molecule has 73 valence electrons. The van der Waals surface area contributed by atoms with Crippen LogP contribution in [0.4, 0.5) is 0 Å². The Hall–Kier alpha value is -1.30. The molecule has 0 fully saturated rings. The van der Waals surface area contributed by atoms with E-state index >= 15 is 0 Å². The summed E-state index contributed by atoms with van der Waals surface area (Å²) in [5.41, 5.74) is 0. The Morgan fingerprint density at radius 1 is 0.714 bits per heavy atom. The summed E-state index contributed by atoms with van der Waals surface area (Å²) in [5.74, 6) is 0. The van der Waals surface area contributed by atoms with Gasteiger partial charge >= 0.3 is 0 Å². The lowest BCUT2D eigenvalue weighted by Crippen LogP contribution is -1.66. The molecule has 0 aliphatic heterocycles. The van der Waals surface area contributed by atoms with E-state index in [1.165, 1.54) is 0 Å². The van der Waals surface area contributed by atoms with Gasteiger partial charge in [-0.2, -0.15) is 0 Å². The summed E-state index contributed by atoms with van der Waals surface area (Å²) in [7, 11) is 0. The number of rotatable bonds is 0. The van der Waals surface area contributed by atoms with Crippen LogP contribution in [0, 0.1) is 6.08 Å². The molecule has 14 heavy (non-hydrogen) atoms. The zero-order valence-corrected chi connectivity index (χ0v) is 8.52. The highest BCUT2D eigenvalue weighted by molar-refractivity contribution is 5.10. The minimum absolute atomic E-state index is 0.905. The van der Waals surface area contributed by atoms with Crippen LogP contribution in [0.15, 0.2) is 54.7 Å². The van der Waals surface area contributed by atoms with Crippen molar-refractivity contribution in [1.82, 2.24) is 0 Å². The van der Waals surface area contributed by atoms with E-state index < -0.39 is 0 Å². The first-order valence-electron chi connectivity index (χ1n) is 5.18. The van der Waals surface area contributed by atoms with E-state index in [4.69, 9.17) is 0 Å². The molecular weight excluding hydrogens is 168 g/mol. The van der Waals surface area contributed by atoms with Crippen LogP contribution in [0.1, 0.15) is 25.7 Å². The topological polar surface area (TPSA) is 0 Å². The molecule has 0 aromatic carbocycles. The summed E-state index contributed by atoms with van der Waals surface area (Å²) in [4.78, 5) is 0. The summed E-state index contributed by atoms with van der Waals surface area (Å²) in [6.07, 6.45) is 26.5. The Morgan fingerprint density at radius 2 is 1.57 bits per heavy atom. The van der Waals surface area contributed by atoms with Crippen molar-refractivity contribution in [3.05, 3.63) is 60.8 Å². The average Bonchev–Trinajstić information content (AvgIpc) is 2.22. The quantitative estimate of drug-likeness (QED) is 0.497. The molecule has 0 amide bonds. The summed E-state index contributed by atoms with van der Waals surface area (Å²) in [6.45, 7) is 0. The number of hydrogen-bond acceptors (Lipinski definition) is 0. The van der Waals surface area contributed by atoms with Gasteiger partial charge in [-0.25, -0.2) is 0 Å². The average molecular weight is 185 g/mol. The maximum atomic E-state index is 3.18. The highest BCUT2D eigenvalue weighted by Gasteiger charge is 1.77. The van der Waals surface area contributed by atoms with Crippen LogP contribution < -0.4 is 0 Å². The highest BCUT2D eigenvalue weighted by atomic mass is 13.8. The second-order valence-electron chi connectivity index (χ2n) is 3.14. The van der Waals surface area contributed by atoms with Gasteiger partial charge in [-0.05, 0) is 31.8 Å². The minimum Gasteiger partial charge on any atom is -0.0879 e. The van der Waals surface area contributed by atoms with E-state index in [9.17, 15) is 0 Å². The first-order valence-corrected chi connectivity index (χ1v) is 5.18. The maximum Gasteiger partial charge on any atom is -0.00945 e. The largest absolute Gasteiger partial charge is 0.0879 e. The smallest absolute Gasteiger partial charge is 0.00945 e. The zero-order valence-electron chi connectivity index (χ0n) is 8.52. The lowest BCUT2D eigenvalue weighted by molar-refractivity contribution is 1.04. The van der Waals surface area contributed by atoms with Gasteiger partial charge in [-0.15, -0.1) is 0 Å². The third-order valence-corrected chi connectivity index (χ3v) is 1.91. The van der Waals surface area contributed by atoms with Gasteiger partial charge in [0.15, 0.2) is 0 Å². The Kier molecular flexibility index (Phi) is 6.39. The number of allylic oxidation sites excluding steroid dienone is 10. The van der Waals surface area contributed by atoms with Gasteiger partial charge in [-0.1, -0.05) is 54.7 Å². The van der Waals surface area contributed by atoms with Crippen LogP contribution >= 0.6 is 0 Å². The third-order valence-electron chi connectivity index (χ3n) is 1.91. The van der Waals surface area contributed by atoms with E-state index in [2.05, 4.69) is 42.5 Å². The summed E-state index contributed by atoms with van der Waals surface area (Å²) in [6, 6.07) is 0. The molecule has 0 N–H and O–H groups in total. The van der Waals surface area contributed by atoms with Gasteiger partial charge < -0.3 is 0 Å². The Labute approximate surface area is 87.0 Å². The lowest BCUT2D eigenvalue weighted by atomic mass is 10.2. The van der Waals surface area contributed by atoms with Crippen molar-refractivity contribution in [3.8, 4) is 0 Å². The molecule has 0 saturated heterocycles. The molecule has 1 rings (SSSR count). The molecule has 1 radical (unpaired) electrons. The third kappa shape index (κ3) is 6.24. The van der Waals surface area contributed by atoms with Crippen LogP contribution in [0.2, 0.25) is 0 Å². The first kappa shape index (κ1) is 10.8. The van der Waals surface area contributed by atoms with Crippen LogP contribution in [0.25, 0.3) is 0 Å². The standard InChI is InChI=1S/C14H17/c1-2-4-6-8-10-12-14-13-11-9-7-5-3-1/h1-5,10-13H,6,8-9,14H2. The van der Waals surface area contributed by atoms with Gasteiger partial charge in [0.1, 0.15) is 0 Å². The fraction of sp³-hybridized carbons (Fsp3) is 0.286. The molecule has 0 spiro atoms. The normalized spacial score (nSPS) is 18.3. The molecule has 0 heterocycles. The van der Waals surface area contributed by atoms with E-state index in [1.54, 1.807) is 0 Å². The fourth-order valence-electron chi connectivity index (χ4n) is 1.16. The van der Waals surface area contributed by atoms with E-state index in [0.717, 1.165) is 25.7 Å². The highest BCUT2D eigenvalue weighted by Crippen LogP contribution is 1.97. The molecule has 0 nitrogen and oxygen atoms in total. The SMILES string of the molecule is [C]1=CC=CC=CCCC=CCC=CC1. The minimum atomic E-state index is 0.905. The second-order valence-corrected chi connectivity index (χ2v) is 3.14. The molecule has 0 unspecified atom stereocenters. The van der Waals surface area contributed by atoms with Crippen molar-refractivity contribution in [3.63, 3.8) is 0 Å². The van der Waals surface area contributed by atoms with Gasteiger partial charge in [0, 0.05) is 0 Å². The summed E-state index contributed by atoms with van der Waals surface area (Å²) in [5, 5.41) is 0. The monoisotopic (exact) mass is 185 g/mol. The Balaban J connectivity index is 2.45. The summed E-state index contributed by atoms with van der Waals surface area (Å²) >= 11 is 0. The van der Waals surface area contributed by atoms with Gasteiger partial charge in [0.2, 0.25) is 0 Å². The fourth-order valence-corrected chi connectivity index (χ4v) is 1.16. The van der Waals surface area contributed by atoms with E-state index in [-0.39, 0.29) is 0 Å². The second kappa shape index (κ2) is 8.31. The van der Waals surface area contributed by atoms with Crippen LogP contribution in [0.5, 0.6) is 0 Å². The summed E-state index contributed by atoms with van der Waals surface area (Å²) < 4.78 is 0. The van der Waals surface area contributed by atoms with Gasteiger partial charge in [0.25, 0.3) is 0 Å². The molecule has 0 bridgehead atoms. The molecule has 1 aliphatic rings. The first-order chi connectivity index (χ1) is 7.00. The van der Waals surface area contributed by atoms with Crippen molar-refractivity contribution in [2.45, 2.75) is 25.7 Å². The lowest BCUT2D eigenvalue weighted by Gasteiger charge is -1.87. The molecule has 0 heteroatoms. The van der Waals surface area contributed by atoms with Crippen molar-refractivity contribution < 1.29 is 0 Å². The molecule has 0 aromatic heterocycles. The van der Waals surface area contributed by atoms with Crippen molar-refractivity contribution in [2.75, 3.05) is 0 Å². The molecule has 0 aromatic rings. The van der Waals surface area contributed by atoms with Crippen molar-refractivity contribution in [1.29, 1.82) is 0 Å². The van der Waals surface area contributed by atoms with Gasteiger partial charge in [0.05, 0.1) is 0 Å². The van der Waals surface area contributed by atoms with Crippen LogP contribution in [-0.2, 0) is 0 Å². The Bertz CT molecular complexity index is 262. The van der Waals surface area contributed by atoms with Crippen LogP contribution in [-0.4, -0.2) is 0 Å². The molecule has 0 atom stereocenters. The zero-order chi connectivity index (χ0) is 9.90. The van der Waals surface area contributed by atoms with Crippen LogP contribution in [0.3, 0.4) is 0 Å². The Morgan fingerprint density at radius 3 is 2.57 bits per heavy atom. The maximum absolute atomic E-state index is 3.18. The van der Waals surface area contributed by atoms with Crippen molar-refractivity contribution in [2.24, 2.45) is 0 Å². The van der Waals surface area contributed by atoms with E-state index in [0.29, 0.717) is 0 Å². The van der Waals surface area contributed by atoms with Crippen molar-refractivity contribution >= 4 is 0 Å². The van der Waals surface area contributed by atoms with Gasteiger partial charge in [-0.3, -0.25) is 0 Å². The predicted octanol–water partition coefficient (Wildman–Crippen LogP) is 4.14. The molecule has 0 saturated carbocycles. The molecule has 1 aliphatic carbocycles. The molecular formula is C14H17.